The normalized spacial score (nSPS) is 23.3. The van der Waals surface area contributed by atoms with Crippen LogP contribution in [0.2, 0.25) is 0 Å². The molecule has 1 spiro atoms. The van der Waals surface area contributed by atoms with Crippen molar-refractivity contribution >= 4 is 11.8 Å². The molecule has 0 aliphatic carbocycles. The Morgan fingerprint density at radius 1 is 1.14 bits per heavy atom. The molecule has 1 aromatic carbocycles. The van der Waals surface area contributed by atoms with Crippen LogP contribution in [-0.2, 0) is 9.53 Å². The Hall–Kier alpha value is -2.12. The summed E-state index contributed by atoms with van der Waals surface area (Å²) in [5.41, 5.74) is 1.11. The standard InChI is InChI=1S/C22H31N3O4/c1-16-4-5-19-18(14-16)21(27)25(15-22(29-19)6-8-23(3)9-7-22)17(2)20(26)24-10-12-28-13-11-24/h4-5,14,17H,6-13,15H2,1-3H3. The van der Waals surface area contributed by atoms with Gasteiger partial charge in [0.2, 0.25) is 5.91 Å². The minimum Gasteiger partial charge on any atom is -0.484 e. The van der Waals surface area contributed by atoms with Crippen molar-refractivity contribution in [2.24, 2.45) is 0 Å². The van der Waals surface area contributed by atoms with Gasteiger partial charge in [0.25, 0.3) is 5.91 Å². The maximum absolute atomic E-state index is 13.5. The Morgan fingerprint density at radius 2 is 1.83 bits per heavy atom. The van der Waals surface area contributed by atoms with Crippen molar-refractivity contribution in [3.63, 3.8) is 0 Å². The minimum absolute atomic E-state index is 0.0131. The van der Waals surface area contributed by atoms with E-state index in [0.717, 1.165) is 31.5 Å². The Balaban J connectivity index is 1.67. The molecule has 0 aromatic heterocycles. The zero-order valence-corrected chi connectivity index (χ0v) is 17.6. The summed E-state index contributed by atoms with van der Waals surface area (Å²) in [6.07, 6.45) is 1.66. The fraction of sp³-hybridized carbons (Fsp3) is 0.636. The smallest absolute Gasteiger partial charge is 0.258 e. The summed E-state index contributed by atoms with van der Waals surface area (Å²) in [4.78, 5) is 32.6. The summed E-state index contributed by atoms with van der Waals surface area (Å²) >= 11 is 0. The van der Waals surface area contributed by atoms with Gasteiger partial charge in [-0.05, 0) is 33.0 Å². The SMILES string of the molecule is Cc1ccc2c(c1)C(=O)N(C(C)C(=O)N1CCOCC1)CC1(CCN(C)CC1)O2. The molecule has 29 heavy (non-hydrogen) atoms. The van der Waals surface area contributed by atoms with Crippen LogP contribution >= 0.6 is 0 Å². The third-order valence-electron chi connectivity index (χ3n) is 6.46. The van der Waals surface area contributed by atoms with E-state index in [-0.39, 0.29) is 11.8 Å². The highest BCUT2D eigenvalue weighted by molar-refractivity contribution is 6.00. The summed E-state index contributed by atoms with van der Waals surface area (Å²) < 4.78 is 11.9. The molecule has 3 heterocycles. The van der Waals surface area contributed by atoms with Crippen molar-refractivity contribution < 1.29 is 19.1 Å². The van der Waals surface area contributed by atoms with E-state index in [4.69, 9.17) is 9.47 Å². The number of benzene rings is 1. The minimum atomic E-state index is -0.535. The van der Waals surface area contributed by atoms with E-state index >= 15 is 0 Å². The maximum Gasteiger partial charge on any atom is 0.258 e. The van der Waals surface area contributed by atoms with Gasteiger partial charge >= 0.3 is 0 Å². The molecule has 2 fully saturated rings. The third kappa shape index (κ3) is 3.98. The second kappa shape index (κ2) is 7.95. The van der Waals surface area contributed by atoms with Crippen molar-refractivity contribution in [2.45, 2.75) is 38.3 Å². The number of hydrogen-bond donors (Lipinski definition) is 0. The number of amides is 2. The van der Waals surface area contributed by atoms with Gasteiger partial charge in [-0.15, -0.1) is 0 Å². The van der Waals surface area contributed by atoms with Crippen molar-refractivity contribution in [1.29, 1.82) is 0 Å². The first kappa shape index (κ1) is 20.2. The number of nitrogens with zero attached hydrogens (tertiary/aromatic N) is 3. The second-order valence-corrected chi connectivity index (χ2v) is 8.63. The molecule has 2 amide bonds. The number of aryl methyl sites for hydroxylation is 1. The molecule has 1 aromatic rings. The molecule has 7 heteroatoms. The molecule has 3 aliphatic rings. The summed E-state index contributed by atoms with van der Waals surface area (Å²) in [5, 5.41) is 0. The molecule has 0 N–H and O–H groups in total. The molecule has 1 unspecified atom stereocenters. The van der Waals surface area contributed by atoms with Gasteiger partial charge in [-0.3, -0.25) is 9.59 Å². The molecule has 3 aliphatic heterocycles. The van der Waals surface area contributed by atoms with Crippen LogP contribution in [0.4, 0.5) is 0 Å². The lowest BCUT2D eigenvalue weighted by Crippen LogP contribution is -2.58. The predicted molar refractivity (Wildman–Crippen MR) is 109 cm³/mol. The first-order valence-corrected chi connectivity index (χ1v) is 10.5. The third-order valence-corrected chi connectivity index (χ3v) is 6.46. The van der Waals surface area contributed by atoms with Gasteiger partial charge in [0, 0.05) is 39.0 Å². The van der Waals surface area contributed by atoms with Crippen LogP contribution in [0.25, 0.3) is 0 Å². The van der Waals surface area contributed by atoms with Gasteiger partial charge < -0.3 is 24.2 Å². The van der Waals surface area contributed by atoms with Crippen LogP contribution in [0.5, 0.6) is 5.75 Å². The van der Waals surface area contributed by atoms with Crippen LogP contribution in [0.1, 0.15) is 35.7 Å². The van der Waals surface area contributed by atoms with E-state index in [2.05, 4.69) is 11.9 Å². The quantitative estimate of drug-likeness (QED) is 0.752. The highest BCUT2D eigenvalue weighted by atomic mass is 16.5. The molecule has 4 rings (SSSR count). The molecular formula is C22H31N3O4. The van der Waals surface area contributed by atoms with Crippen molar-refractivity contribution in [2.75, 3.05) is 53.0 Å². The molecule has 1 atom stereocenters. The molecule has 0 saturated carbocycles. The van der Waals surface area contributed by atoms with E-state index in [1.807, 2.05) is 36.9 Å². The summed E-state index contributed by atoms with van der Waals surface area (Å²) in [6.45, 7) is 8.33. The number of morpholine rings is 1. The lowest BCUT2D eigenvalue weighted by molar-refractivity contribution is -0.140. The van der Waals surface area contributed by atoms with E-state index in [0.29, 0.717) is 44.2 Å². The summed E-state index contributed by atoms with van der Waals surface area (Å²) in [5.74, 6) is 0.508. The molecular weight excluding hydrogens is 370 g/mol. The largest absolute Gasteiger partial charge is 0.484 e. The summed E-state index contributed by atoms with van der Waals surface area (Å²) in [7, 11) is 2.11. The first-order chi connectivity index (χ1) is 13.9. The lowest BCUT2D eigenvalue weighted by Gasteiger charge is -2.43. The van der Waals surface area contributed by atoms with Crippen molar-refractivity contribution in [1.82, 2.24) is 14.7 Å². The van der Waals surface area contributed by atoms with Gasteiger partial charge in [0.15, 0.2) is 0 Å². The van der Waals surface area contributed by atoms with Crippen LogP contribution in [0.3, 0.4) is 0 Å². The molecule has 7 nitrogen and oxygen atoms in total. The zero-order valence-electron chi connectivity index (χ0n) is 17.6. The molecule has 2 saturated heterocycles. The number of fused-ring (bicyclic) bond motifs is 1. The fourth-order valence-electron chi connectivity index (χ4n) is 4.48. The van der Waals surface area contributed by atoms with E-state index in [1.165, 1.54) is 0 Å². The van der Waals surface area contributed by atoms with Crippen molar-refractivity contribution in [3.8, 4) is 5.75 Å². The Bertz CT molecular complexity index is 782. The number of piperidine rings is 1. The average molecular weight is 402 g/mol. The van der Waals surface area contributed by atoms with Gasteiger partial charge in [-0.1, -0.05) is 11.6 Å². The molecule has 0 radical (unpaired) electrons. The van der Waals surface area contributed by atoms with Crippen LogP contribution in [0.15, 0.2) is 18.2 Å². The number of rotatable bonds is 2. The number of likely N-dealkylation sites (tertiary alicyclic amines) is 1. The van der Waals surface area contributed by atoms with Gasteiger partial charge in [0.05, 0.1) is 25.3 Å². The maximum atomic E-state index is 13.5. The highest BCUT2D eigenvalue weighted by Gasteiger charge is 2.45. The predicted octanol–water partition coefficient (Wildman–Crippen LogP) is 1.54. The van der Waals surface area contributed by atoms with E-state index in [1.54, 1.807) is 4.90 Å². The average Bonchev–Trinajstić information content (AvgIpc) is 2.85. The monoisotopic (exact) mass is 401 g/mol. The first-order valence-electron chi connectivity index (χ1n) is 10.5. The fourth-order valence-corrected chi connectivity index (χ4v) is 4.48. The van der Waals surface area contributed by atoms with Crippen molar-refractivity contribution in [3.05, 3.63) is 29.3 Å². The van der Waals surface area contributed by atoms with Crippen LogP contribution < -0.4 is 4.74 Å². The second-order valence-electron chi connectivity index (χ2n) is 8.63. The number of hydrogen-bond acceptors (Lipinski definition) is 5. The number of carbonyl (C=O) groups is 2. The van der Waals surface area contributed by atoms with Gasteiger partial charge in [-0.25, -0.2) is 0 Å². The summed E-state index contributed by atoms with van der Waals surface area (Å²) in [6, 6.07) is 5.23. The van der Waals surface area contributed by atoms with E-state index in [9.17, 15) is 9.59 Å². The Labute approximate surface area is 172 Å². The van der Waals surface area contributed by atoms with Crippen LogP contribution in [0, 0.1) is 6.92 Å². The zero-order chi connectivity index (χ0) is 20.6. The highest BCUT2D eigenvalue weighted by Crippen LogP contribution is 2.36. The molecule has 158 valence electrons. The molecule has 0 bridgehead atoms. The topological polar surface area (TPSA) is 62.3 Å². The van der Waals surface area contributed by atoms with E-state index < -0.39 is 11.6 Å². The van der Waals surface area contributed by atoms with Gasteiger partial charge in [-0.2, -0.15) is 0 Å². The van der Waals surface area contributed by atoms with Gasteiger partial charge in [0.1, 0.15) is 17.4 Å². The Morgan fingerprint density at radius 3 is 2.52 bits per heavy atom. The number of carbonyl (C=O) groups excluding carboxylic acids is 2. The number of ether oxygens (including phenoxy) is 2. The lowest BCUT2D eigenvalue weighted by atomic mass is 9.90. The Kier molecular flexibility index (Phi) is 5.53. The van der Waals surface area contributed by atoms with Crippen LogP contribution in [-0.4, -0.2) is 91.1 Å².